The molecule has 0 aromatic heterocycles. The first kappa shape index (κ1) is 14.2. The van der Waals surface area contributed by atoms with Crippen molar-refractivity contribution >= 4 is 10.0 Å². The van der Waals surface area contributed by atoms with E-state index in [4.69, 9.17) is 0 Å². The lowest BCUT2D eigenvalue weighted by Gasteiger charge is -2.10. The molecule has 5 heteroatoms. The molecule has 0 saturated heterocycles. The molecule has 0 spiro atoms. The average molecular weight is 256 g/mol. The van der Waals surface area contributed by atoms with Gasteiger partial charge in [0.1, 0.15) is 0 Å². The largest absolute Gasteiger partial charge is 0.319 e. The number of rotatable bonds is 6. The summed E-state index contributed by atoms with van der Waals surface area (Å²) in [5.74, 6) is 0. The maximum atomic E-state index is 11.8. The Morgan fingerprint density at radius 3 is 2.24 bits per heavy atom. The van der Waals surface area contributed by atoms with Crippen LogP contribution in [-0.4, -0.2) is 28.1 Å². The van der Waals surface area contributed by atoms with Gasteiger partial charge in [-0.05, 0) is 51.6 Å². The fourth-order valence-electron chi connectivity index (χ4n) is 1.48. The molecular weight excluding hydrogens is 236 g/mol. The molecule has 0 unspecified atom stereocenters. The summed E-state index contributed by atoms with van der Waals surface area (Å²) in [6, 6.07) is 6.91. The molecule has 0 aliphatic carbocycles. The van der Waals surface area contributed by atoms with E-state index in [9.17, 15) is 8.42 Å². The number of hydrogen-bond donors (Lipinski definition) is 2. The number of likely N-dealkylation sites (N-methyl/N-ethyl adjacent to an activating group) is 1. The minimum absolute atomic E-state index is 0.0935. The fourth-order valence-corrected chi connectivity index (χ4v) is 2.73. The van der Waals surface area contributed by atoms with Crippen LogP contribution in [0.5, 0.6) is 0 Å². The van der Waals surface area contributed by atoms with Crippen molar-refractivity contribution in [3.63, 3.8) is 0 Å². The van der Waals surface area contributed by atoms with Crippen molar-refractivity contribution in [1.29, 1.82) is 0 Å². The molecule has 0 saturated carbocycles. The first-order valence-electron chi connectivity index (χ1n) is 5.71. The van der Waals surface area contributed by atoms with Gasteiger partial charge in [-0.2, -0.15) is 0 Å². The van der Waals surface area contributed by atoms with E-state index in [2.05, 4.69) is 10.0 Å². The molecule has 0 radical (unpaired) electrons. The molecule has 1 aromatic carbocycles. The lowest BCUT2D eigenvalue weighted by Crippen LogP contribution is -2.30. The Balaban J connectivity index is 2.80. The van der Waals surface area contributed by atoms with Crippen molar-refractivity contribution in [3.05, 3.63) is 29.8 Å². The van der Waals surface area contributed by atoms with E-state index >= 15 is 0 Å². The van der Waals surface area contributed by atoms with Crippen LogP contribution in [0, 0.1) is 0 Å². The number of hydrogen-bond acceptors (Lipinski definition) is 3. The minimum Gasteiger partial charge on any atom is -0.319 e. The lowest BCUT2D eigenvalue weighted by atomic mass is 10.1. The molecular formula is C12H20N2O2S. The van der Waals surface area contributed by atoms with Crippen molar-refractivity contribution in [2.45, 2.75) is 31.2 Å². The first-order valence-corrected chi connectivity index (χ1v) is 7.20. The molecule has 0 aliphatic heterocycles. The first-order chi connectivity index (χ1) is 7.95. The highest BCUT2D eigenvalue weighted by Gasteiger charge is 2.14. The SMILES string of the molecule is CNCCc1ccc(S(=O)(=O)NC(C)C)cc1. The lowest BCUT2D eigenvalue weighted by molar-refractivity contribution is 0.570. The number of sulfonamides is 1. The van der Waals surface area contributed by atoms with Gasteiger partial charge in [0.15, 0.2) is 0 Å². The highest BCUT2D eigenvalue weighted by atomic mass is 32.2. The number of benzene rings is 1. The third-order valence-electron chi connectivity index (χ3n) is 2.29. The van der Waals surface area contributed by atoms with E-state index in [1.54, 1.807) is 26.0 Å². The molecule has 0 bridgehead atoms. The molecule has 4 nitrogen and oxygen atoms in total. The van der Waals surface area contributed by atoms with Crippen LogP contribution in [0.4, 0.5) is 0 Å². The highest BCUT2D eigenvalue weighted by Crippen LogP contribution is 2.11. The topological polar surface area (TPSA) is 58.2 Å². The monoisotopic (exact) mass is 256 g/mol. The zero-order valence-electron chi connectivity index (χ0n) is 10.5. The van der Waals surface area contributed by atoms with E-state index in [1.165, 1.54) is 0 Å². The maximum absolute atomic E-state index is 11.8. The van der Waals surface area contributed by atoms with Gasteiger partial charge in [-0.15, -0.1) is 0 Å². The van der Waals surface area contributed by atoms with E-state index in [0.717, 1.165) is 18.5 Å². The van der Waals surface area contributed by atoms with E-state index < -0.39 is 10.0 Å². The summed E-state index contributed by atoms with van der Waals surface area (Å²) in [6.45, 7) is 4.49. The molecule has 0 aliphatic rings. The Morgan fingerprint density at radius 1 is 1.18 bits per heavy atom. The van der Waals surface area contributed by atoms with Crippen LogP contribution in [0.2, 0.25) is 0 Å². The highest BCUT2D eigenvalue weighted by molar-refractivity contribution is 7.89. The third kappa shape index (κ3) is 4.46. The van der Waals surface area contributed by atoms with Crippen LogP contribution in [0.1, 0.15) is 19.4 Å². The fraction of sp³-hybridized carbons (Fsp3) is 0.500. The van der Waals surface area contributed by atoms with E-state index in [-0.39, 0.29) is 6.04 Å². The smallest absolute Gasteiger partial charge is 0.240 e. The standard InChI is InChI=1S/C12H20N2O2S/c1-10(2)14-17(15,16)12-6-4-11(5-7-12)8-9-13-3/h4-7,10,13-14H,8-9H2,1-3H3. The van der Waals surface area contributed by atoms with Crippen molar-refractivity contribution in [2.24, 2.45) is 0 Å². The third-order valence-corrected chi connectivity index (χ3v) is 3.96. The Bertz CT molecular complexity index is 438. The summed E-state index contributed by atoms with van der Waals surface area (Å²) in [5, 5.41) is 3.06. The van der Waals surface area contributed by atoms with Gasteiger partial charge >= 0.3 is 0 Å². The van der Waals surface area contributed by atoms with Gasteiger partial charge in [0.25, 0.3) is 0 Å². The van der Waals surface area contributed by atoms with Gasteiger partial charge in [0.2, 0.25) is 10.0 Å². The van der Waals surface area contributed by atoms with Crippen molar-refractivity contribution in [1.82, 2.24) is 10.0 Å². The molecule has 17 heavy (non-hydrogen) atoms. The quantitative estimate of drug-likeness (QED) is 0.802. The minimum atomic E-state index is -3.36. The van der Waals surface area contributed by atoms with E-state index in [1.807, 2.05) is 19.2 Å². The van der Waals surface area contributed by atoms with Crippen LogP contribution in [0.15, 0.2) is 29.2 Å². The second-order valence-electron chi connectivity index (χ2n) is 4.27. The molecule has 96 valence electrons. The van der Waals surface area contributed by atoms with Gasteiger partial charge in [-0.3, -0.25) is 0 Å². The van der Waals surface area contributed by atoms with Gasteiger partial charge in [-0.25, -0.2) is 13.1 Å². The number of nitrogens with one attached hydrogen (secondary N) is 2. The molecule has 0 amide bonds. The van der Waals surface area contributed by atoms with Gasteiger partial charge in [0.05, 0.1) is 4.90 Å². The zero-order chi connectivity index (χ0) is 12.9. The maximum Gasteiger partial charge on any atom is 0.240 e. The second kappa shape index (κ2) is 6.14. The summed E-state index contributed by atoms with van der Waals surface area (Å²) in [4.78, 5) is 0.319. The van der Waals surface area contributed by atoms with E-state index in [0.29, 0.717) is 4.90 Å². The predicted octanol–water partition coefficient (Wildman–Crippen LogP) is 1.14. The van der Waals surface area contributed by atoms with Crippen LogP contribution in [-0.2, 0) is 16.4 Å². The average Bonchev–Trinajstić information content (AvgIpc) is 2.25. The van der Waals surface area contributed by atoms with Crippen molar-refractivity contribution in [2.75, 3.05) is 13.6 Å². The second-order valence-corrected chi connectivity index (χ2v) is 5.99. The normalized spacial score (nSPS) is 12.0. The summed E-state index contributed by atoms with van der Waals surface area (Å²) in [5.41, 5.74) is 1.13. The van der Waals surface area contributed by atoms with Crippen molar-refractivity contribution in [3.8, 4) is 0 Å². The van der Waals surface area contributed by atoms with Crippen molar-refractivity contribution < 1.29 is 8.42 Å². The molecule has 1 aromatic rings. The van der Waals surface area contributed by atoms with Gasteiger partial charge in [0, 0.05) is 6.04 Å². The predicted molar refractivity (Wildman–Crippen MR) is 69.5 cm³/mol. The van der Waals surface area contributed by atoms with Crippen LogP contribution in [0.3, 0.4) is 0 Å². The summed E-state index contributed by atoms with van der Waals surface area (Å²) < 4.78 is 26.2. The Kier molecular flexibility index (Phi) is 5.11. The summed E-state index contributed by atoms with van der Waals surface area (Å²) in [7, 11) is -1.47. The van der Waals surface area contributed by atoms with Crippen LogP contribution in [0.25, 0.3) is 0 Å². The molecule has 0 heterocycles. The molecule has 2 N–H and O–H groups in total. The van der Waals surface area contributed by atoms with Gasteiger partial charge in [-0.1, -0.05) is 12.1 Å². The van der Waals surface area contributed by atoms with Crippen LogP contribution >= 0.6 is 0 Å². The summed E-state index contributed by atoms with van der Waals surface area (Å²) in [6.07, 6.45) is 0.897. The summed E-state index contributed by atoms with van der Waals surface area (Å²) >= 11 is 0. The zero-order valence-corrected chi connectivity index (χ0v) is 11.3. The molecule has 0 atom stereocenters. The molecule has 0 fully saturated rings. The van der Waals surface area contributed by atoms with Crippen LogP contribution < -0.4 is 10.0 Å². The van der Waals surface area contributed by atoms with Gasteiger partial charge < -0.3 is 5.32 Å². The molecule has 1 rings (SSSR count). The Hall–Kier alpha value is -0.910. The Morgan fingerprint density at radius 2 is 1.76 bits per heavy atom. The Labute approximate surface area is 103 Å².